The van der Waals surface area contributed by atoms with Gasteiger partial charge >= 0.3 is 0 Å². The Balaban J connectivity index is 2.42. The van der Waals surface area contributed by atoms with Gasteiger partial charge in [-0.25, -0.2) is 9.97 Å². The van der Waals surface area contributed by atoms with Gasteiger partial charge in [-0.2, -0.15) is 0 Å². The van der Waals surface area contributed by atoms with Crippen LogP contribution in [0.3, 0.4) is 0 Å². The molecule has 0 atom stereocenters. The van der Waals surface area contributed by atoms with Crippen molar-refractivity contribution in [2.24, 2.45) is 5.41 Å². The van der Waals surface area contributed by atoms with Crippen molar-refractivity contribution in [3.8, 4) is 0 Å². The summed E-state index contributed by atoms with van der Waals surface area (Å²) in [5.74, 6) is 1.69. The maximum absolute atomic E-state index is 5.49. The first-order valence-electron chi connectivity index (χ1n) is 8.74. The molecule has 0 radical (unpaired) electrons. The number of nitrogens with zero attached hydrogens (tertiary/aromatic N) is 2. The molecule has 24 heavy (non-hydrogen) atoms. The number of aromatic nitrogens is 3. The molecule has 0 bridgehead atoms. The largest absolute Gasteiger partial charge is 0.374 e. The Morgan fingerprint density at radius 1 is 1.08 bits per heavy atom. The number of imidazole rings is 1. The molecule has 2 N–H and O–H groups in total. The molecule has 0 aliphatic carbocycles. The molecule has 0 aromatic carbocycles. The Labute approximate surface area is 145 Å². The lowest BCUT2D eigenvalue weighted by atomic mass is 9.82. The molecule has 2 aromatic heterocycles. The predicted molar refractivity (Wildman–Crippen MR) is 100 cm³/mol. The predicted octanol–water partition coefficient (Wildman–Crippen LogP) is 4.74. The van der Waals surface area contributed by atoms with Gasteiger partial charge in [0.25, 0.3) is 0 Å². The second kappa shape index (κ2) is 6.71. The van der Waals surface area contributed by atoms with Crippen molar-refractivity contribution >= 4 is 16.9 Å². The van der Waals surface area contributed by atoms with Crippen LogP contribution in [-0.4, -0.2) is 27.1 Å². The zero-order valence-electron chi connectivity index (χ0n) is 16.4. The van der Waals surface area contributed by atoms with E-state index in [0.717, 1.165) is 40.4 Å². The lowest BCUT2D eigenvalue weighted by Gasteiger charge is -2.34. The molecule has 0 amide bonds. The summed E-state index contributed by atoms with van der Waals surface area (Å²) in [7, 11) is 0. The van der Waals surface area contributed by atoms with E-state index in [2.05, 4.69) is 51.8 Å². The van der Waals surface area contributed by atoms with E-state index in [4.69, 9.17) is 14.7 Å². The van der Waals surface area contributed by atoms with E-state index >= 15 is 0 Å². The lowest BCUT2D eigenvalue weighted by Crippen LogP contribution is -2.36. The summed E-state index contributed by atoms with van der Waals surface area (Å²) in [6.07, 6.45) is 1.03. The third-order valence-electron chi connectivity index (χ3n) is 4.05. The molecule has 0 saturated heterocycles. The SMILES string of the molecule is CCOCc1nc2c(NC(C)(C)CC(C)(C)C)nc(C)c(C)c2[nH]1. The van der Waals surface area contributed by atoms with Crippen LogP contribution < -0.4 is 5.32 Å². The van der Waals surface area contributed by atoms with Crippen LogP contribution in [0.4, 0.5) is 5.82 Å². The van der Waals surface area contributed by atoms with Gasteiger partial charge in [0.2, 0.25) is 0 Å². The van der Waals surface area contributed by atoms with Crippen molar-refractivity contribution in [3.63, 3.8) is 0 Å². The number of pyridine rings is 1. The maximum Gasteiger partial charge on any atom is 0.154 e. The summed E-state index contributed by atoms with van der Waals surface area (Å²) < 4.78 is 5.49. The molecule has 2 heterocycles. The van der Waals surface area contributed by atoms with Gasteiger partial charge in [0, 0.05) is 17.8 Å². The molecule has 5 nitrogen and oxygen atoms in total. The summed E-state index contributed by atoms with van der Waals surface area (Å²) in [5.41, 5.74) is 4.27. The Hall–Kier alpha value is -1.62. The quantitative estimate of drug-likeness (QED) is 0.802. The number of hydrogen-bond acceptors (Lipinski definition) is 4. The minimum absolute atomic E-state index is 0.0705. The zero-order valence-corrected chi connectivity index (χ0v) is 16.4. The van der Waals surface area contributed by atoms with Gasteiger partial charge in [-0.3, -0.25) is 0 Å². The van der Waals surface area contributed by atoms with E-state index in [-0.39, 0.29) is 11.0 Å². The van der Waals surface area contributed by atoms with Crippen molar-refractivity contribution in [1.82, 2.24) is 15.0 Å². The number of rotatable bonds is 6. The van der Waals surface area contributed by atoms with Crippen LogP contribution in [0.1, 0.15) is 65.0 Å². The van der Waals surface area contributed by atoms with Crippen molar-refractivity contribution in [1.29, 1.82) is 0 Å². The fraction of sp³-hybridized carbons (Fsp3) is 0.684. The summed E-state index contributed by atoms with van der Waals surface area (Å²) in [6.45, 7) is 18.5. The Kier molecular flexibility index (Phi) is 5.23. The third kappa shape index (κ3) is 4.47. The number of fused-ring (bicyclic) bond motifs is 1. The average molecular weight is 332 g/mol. The van der Waals surface area contributed by atoms with E-state index in [1.165, 1.54) is 0 Å². The molecular formula is C19H32N4O. The Morgan fingerprint density at radius 3 is 2.33 bits per heavy atom. The topological polar surface area (TPSA) is 62.8 Å². The highest BCUT2D eigenvalue weighted by Gasteiger charge is 2.27. The first-order chi connectivity index (χ1) is 11.0. The molecule has 5 heteroatoms. The van der Waals surface area contributed by atoms with Gasteiger partial charge in [0.05, 0.1) is 5.52 Å². The van der Waals surface area contributed by atoms with Crippen molar-refractivity contribution in [2.75, 3.05) is 11.9 Å². The molecule has 2 rings (SSSR count). The van der Waals surface area contributed by atoms with Crippen LogP contribution >= 0.6 is 0 Å². The highest BCUT2D eigenvalue weighted by Crippen LogP contribution is 2.32. The van der Waals surface area contributed by atoms with Gasteiger partial charge in [0.15, 0.2) is 5.82 Å². The van der Waals surface area contributed by atoms with E-state index in [0.29, 0.717) is 13.2 Å². The highest BCUT2D eigenvalue weighted by molar-refractivity contribution is 5.89. The summed E-state index contributed by atoms with van der Waals surface area (Å²) in [5, 5.41) is 3.62. The molecular weight excluding hydrogens is 300 g/mol. The van der Waals surface area contributed by atoms with Crippen LogP contribution in [0, 0.1) is 19.3 Å². The number of aryl methyl sites for hydroxylation is 2. The fourth-order valence-electron chi connectivity index (χ4n) is 3.40. The second-order valence-electron chi connectivity index (χ2n) is 8.46. The first kappa shape index (κ1) is 18.7. The molecule has 0 fully saturated rings. The van der Waals surface area contributed by atoms with Crippen LogP contribution in [0.25, 0.3) is 11.0 Å². The lowest BCUT2D eigenvalue weighted by molar-refractivity contribution is 0.129. The summed E-state index contributed by atoms with van der Waals surface area (Å²) >= 11 is 0. The van der Waals surface area contributed by atoms with E-state index in [1.807, 2.05) is 13.8 Å². The fourth-order valence-corrected chi connectivity index (χ4v) is 3.40. The Bertz CT molecular complexity index is 710. The Morgan fingerprint density at radius 2 is 1.75 bits per heavy atom. The molecule has 0 spiro atoms. The number of H-pyrrole nitrogens is 1. The number of hydrogen-bond donors (Lipinski definition) is 2. The van der Waals surface area contributed by atoms with E-state index < -0.39 is 0 Å². The van der Waals surface area contributed by atoms with Gasteiger partial charge in [0.1, 0.15) is 17.9 Å². The van der Waals surface area contributed by atoms with Crippen LogP contribution in [0.2, 0.25) is 0 Å². The van der Waals surface area contributed by atoms with Gasteiger partial charge in [-0.05, 0) is 52.0 Å². The summed E-state index contributed by atoms with van der Waals surface area (Å²) in [6, 6.07) is 0. The summed E-state index contributed by atoms with van der Waals surface area (Å²) in [4.78, 5) is 12.9. The van der Waals surface area contributed by atoms with Crippen molar-refractivity contribution in [2.45, 2.75) is 74.0 Å². The molecule has 0 saturated carbocycles. The van der Waals surface area contributed by atoms with Gasteiger partial charge < -0.3 is 15.0 Å². The number of ether oxygens (including phenoxy) is 1. The second-order valence-corrected chi connectivity index (χ2v) is 8.46. The molecule has 0 aliphatic rings. The van der Waals surface area contributed by atoms with Gasteiger partial charge in [-0.15, -0.1) is 0 Å². The number of anilines is 1. The molecule has 134 valence electrons. The van der Waals surface area contributed by atoms with E-state index in [1.54, 1.807) is 0 Å². The van der Waals surface area contributed by atoms with Crippen LogP contribution in [0.15, 0.2) is 0 Å². The zero-order chi connectivity index (χ0) is 18.1. The normalized spacial score (nSPS) is 12.8. The average Bonchev–Trinajstić information content (AvgIpc) is 2.84. The van der Waals surface area contributed by atoms with Gasteiger partial charge in [-0.1, -0.05) is 20.8 Å². The maximum atomic E-state index is 5.49. The standard InChI is InChI=1S/C19H32N4O/c1-9-24-10-14-21-15-12(2)13(3)20-17(16(15)22-14)23-19(7,8)11-18(4,5)6/h9-11H2,1-8H3,(H,20,23)(H,21,22). The molecule has 0 aliphatic heterocycles. The number of nitrogens with one attached hydrogen (secondary N) is 2. The van der Waals surface area contributed by atoms with Crippen molar-refractivity contribution in [3.05, 3.63) is 17.1 Å². The minimum Gasteiger partial charge on any atom is -0.374 e. The van der Waals surface area contributed by atoms with Crippen LogP contribution in [0.5, 0.6) is 0 Å². The molecule has 0 unspecified atom stereocenters. The molecule has 2 aromatic rings. The smallest absolute Gasteiger partial charge is 0.154 e. The highest BCUT2D eigenvalue weighted by atomic mass is 16.5. The minimum atomic E-state index is -0.0705. The van der Waals surface area contributed by atoms with Crippen molar-refractivity contribution < 1.29 is 4.74 Å². The third-order valence-corrected chi connectivity index (χ3v) is 4.05. The van der Waals surface area contributed by atoms with Crippen LogP contribution in [-0.2, 0) is 11.3 Å². The monoisotopic (exact) mass is 332 g/mol. The van der Waals surface area contributed by atoms with E-state index in [9.17, 15) is 0 Å². The first-order valence-corrected chi connectivity index (χ1v) is 8.74. The number of aromatic amines is 1.